The Morgan fingerprint density at radius 3 is 0.867 bits per heavy atom. The van der Waals surface area contributed by atoms with Crippen LogP contribution in [-0.4, -0.2) is 11.1 Å². The average molecular weight is 432 g/mol. The number of halogens is 2. The first-order valence-electron chi connectivity index (χ1n) is 4.13. The second-order valence-electron chi connectivity index (χ2n) is 4.61. The summed E-state index contributed by atoms with van der Waals surface area (Å²) < 4.78 is 0. The van der Waals surface area contributed by atoms with Gasteiger partial charge in [-0.25, -0.2) is 13.1 Å². The van der Waals surface area contributed by atoms with Crippen LogP contribution < -0.4 is 0 Å². The van der Waals surface area contributed by atoms with Gasteiger partial charge in [0.05, 0.1) is 0 Å². The molecule has 0 fully saturated rings. The van der Waals surface area contributed by atoms with Gasteiger partial charge in [-0.2, -0.15) is 0 Å². The van der Waals surface area contributed by atoms with E-state index < -0.39 is 16.5 Å². The second-order valence-corrected chi connectivity index (χ2v) is 7.89. The van der Waals surface area contributed by atoms with Crippen molar-refractivity contribution in [2.45, 2.75) is 52.6 Å². The molecule has 0 saturated heterocycles. The van der Waals surface area contributed by atoms with Crippen LogP contribution in [-0.2, 0) is 16.5 Å². The predicted octanol–water partition coefficient (Wildman–Crippen LogP) is 4.78. The van der Waals surface area contributed by atoms with Crippen molar-refractivity contribution in [2.24, 2.45) is 0 Å². The molecule has 0 radical (unpaired) electrons. The van der Waals surface area contributed by atoms with Crippen molar-refractivity contribution in [3.63, 3.8) is 0 Å². The van der Waals surface area contributed by atoms with Crippen molar-refractivity contribution in [1.29, 1.82) is 0 Å². The fourth-order valence-electron chi connectivity index (χ4n) is 0. The van der Waals surface area contributed by atoms with Crippen molar-refractivity contribution in [3.05, 3.63) is 22.8 Å². The van der Waals surface area contributed by atoms with Crippen LogP contribution in [0.2, 0.25) is 0 Å². The summed E-state index contributed by atoms with van der Waals surface area (Å²) in [4.78, 5) is 6.54. The molecule has 0 aromatic heterocycles. The van der Waals surface area contributed by atoms with Gasteiger partial charge in [0.25, 0.3) is 0 Å². The number of rotatable bonds is 0. The van der Waals surface area contributed by atoms with E-state index in [-0.39, 0.29) is 11.1 Å². The van der Waals surface area contributed by atoms with Crippen LogP contribution in [0.15, 0.2) is 0 Å². The molecule has 92 valence electrons. The van der Waals surface area contributed by atoms with Gasteiger partial charge in [0, 0.05) is 41.5 Å². The first kappa shape index (κ1) is 20.6. The topological polar surface area (TPSA) is 8.72 Å². The number of hydrogen-bond donors (Lipinski definition) is 0. The Balaban J connectivity index is -0.000000153. The van der Waals surface area contributed by atoms with Gasteiger partial charge >= 0.3 is 35.3 Å². The van der Waals surface area contributed by atoms with Crippen LogP contribution in [0.5, 0.6) is 0 Å². The summed E-state index contributed by atoms with van der Waals surface area (Å²) in [5.74, 6) is 0. The van der Waals surface area contributed by atoms with E-state index in [1.54, 1.807) is 0 Å². The molecule has 0 saturated carbocycles. The molecule has 0 atom stereocenters. The third kappa shape index (κ3) is 54.8. The Morgan fingerprint density at radius 2 is 0.867 bits per heavy atom. The van der Waals surface area contributed by atoms with E-state index in [0.29, 0.717) is 0 Å². The molecule has 15 heavy (non-hydrogen) atoms. The Bertz CT molecular complexity index is 192. The van der Waals surface area contributed by atoms with Gasteiger partial charge in [-0.3, -0.25) is 0 Å². The van der Waals surface area contributed by atoms with Crippen molar-refractivity contribution in [2.75, 3.05) is 0 Å². The summed E-state index contributed by atoms with van der Waals surface area (Å²) in [7, 11) is 9.75. The minimum absolute atomic E-state index is 0.167. The van der Waals surface area contributed by atoms with E-state index in [9.17, 15) is 0 Å². The van der Waals surface area contributed by atoms with E-state index >= 15 is 0 Å². The quantitative estimate of drug-likeness (QED) is 0.487. The summed E-state index contributed by atoms with van der Waals surface area (Å²) in [5.41, 5.74) is -0.333. The molecule has 0 aromatic rings. The van der Waals surface area contributed by atoms with Gasteiger partial charge in [0.15, 0.2) is 0 Å². The van der Waals surface area contributed by atoms with Gasteiger partial charge in [-0.1, -0.05) is 0 Å². The maximum absolute atomic E-state index is 6.48. The monoisotopic (exact) mass is 431 g/mol. The van der Waals surface area contributed by atoms with Crippen LogP contribution in [0, 0.1) is 13.1 Å². The number of hydrogen-bond acceptors (Lipinski definition) is 0. The molecule has 2 nitrogen and oxygen atoms in total. The molecule has 0 spiro atoms. The fraction of sp³-hybridized carbons (Fsp3) is 0.800. The van der Waals surface area contributed by atoms with Gasteiger partial charge in [-0.05, 0) is 0 Å². The molecule has 0 aliphatic rings. The summed E-state index contributed by atoms with van der Waals surface area (Å²) in [5, 5.41) is 0. The van der Waals surface area contributed by atoms with E-state index in [1.807, 2.05) is 41.5 Å². The number of nitrogens with zero attached hydrogens (tertiary/aromatic N) is 2. The molecule has 5 heteroatoms. The molecular weight excluding hydrogens is 414 g/mol. The molecule has 0 N–H and O–H groups in total. The first-order valence-corrected chi connectivity index (χ1v) is 9.76. The molecule has 0 heterocycles. The Labute approximate surface area is 110 Å². The van der Waals surface area contributed by atoms with E-state index in [4.69, 9.17) is 32.0 Å². The van der Waals surface area contributed by atoms with Crippen LogP contribution in [0.4, 0.5) is 0 Å². The van der Waals surface area contributed by atoms with Crippen LogP contribution in [0.3, 0.4) is 0 Å². The molecule has 0 amide bonds. The Hall–Kier alpha value is 0.248. The summed E-state index contributed by atoms with van der Waals surface area (Å²) in [6.07, 6.45) is 0. The van der Waals surface area contributed by atoms with E-state index in [1.165, 1.54) is 0 Å². The Kier molecular flexibility index (Phi) is 14.8. The maximum atomic E-state index is 6.48. The summed E-state index contributed by atoms with van der Waals surface area (Å²) in [6, 6.07) is 0. The van der Waals surface area contributed by atoms with Crippen LogP contribution >= 0.6 is 18.8 Å². The molecule has 0 aliphatic heterocycles. The van der Waals surface area contributed by atoms with E-state index in [2.05, 4.69) is 9.69 Å². The third-order valence-corrected chi connectivity index (χ3v) is 0.671. The van der Waals surface area contributed by atoms with Gasteiger partial charge < -0.3 is 9.69 Å². The summed E-state index contributed by atoms with van der Waals surface area (Å²) in [6.45, 7) is 24.3. The molecule has 0 bridgehead atoms. The van der Waals surface area contributed by atoms with Crippen molar-refractivity contribution in [3.8, 4) is 0 Å². The molecule has 0 rings (SSSR count). The van der Waals surface area contributed by atoms with Gasteiger partial charge in [0.2, 0.25) is 11.1 Å². The van der Waals surface area contributed by atoms with Crippen molar-refractivity contribution < 1.29 is 16.5 Å². The second kappa shape index (κ2) is 10.8. The van der Waals surface area contributed by atoms with Gasteiger partial charge in [-0.15, -0.1) is 0 Å². The van der Waals surface area contributed by atoms with Crippen molar-refractivity contribution in [1.82, 2.24) is 0 Å². The zero-order valence-electron chi connectivity index (χ0n) is 9.97. The molecule has 0 aliphatic carbocycles. The normalized spacial score (nSPS) is 9.73. The minimum atomic E-state index is -0.472. The standard InChI is InChI=1S/2C5H9N.2ClH.Pt/c2*1-5(2,3)6-4;;;/h2*1-3H3;2*1H;/q;;;;+2/p-2. The SMILES string of the molecule is [C-]#[N+]C(C)(C)C.[C-]#[N+]C(C)(C)C.[Cl][Pt][Cl]. The van der Waals surface area contributed by atoms with E-state index in [0.717, 1.165) is 0 Å². The zero-order chi connectivity index (χ0) is 13.1. The zero-order valence-corrected chi connectivity index (χ0v) is 13.8. The third-order valence-electron chi connectivity index (χ3n) is 0.671. The summed E-state index contributed by atoms with van der Waals surface area (Å²) >= 11 is -0.472. The molecular formula is C10H18Cl2N2Pt. The predicted molar refractivity (Wildman–Crippen MR) is 64.4 cm³/mol. The van der Waals surface area contributed by atoms with Gasteiger partial charge in [0.1, 0.15) is 0 Å². The van der Waals surface area contributed by atoms with Crippen molar-refractivity contribution >= 4 is 18.8 Å². The average Bonchev–Trinajstić information content (AvgIpc) is 2.04. The molecule has 0 unspecified atom stereocenters. The fourth-order valence-corrected chi connectivity index (χ4v) is 0. The Morgan fingerprint density at radius 1 is 0.800 bits per heavy atom. The first-order chi connectivity index (χ1) is 6.54. The molecule has 0 aromatic carbocycles. The van der Waals surface area contributed by atoms with Crippen LogP contribution in [0.1, 0.15) is 41.5 Å². The van der Waals surface area contributed by atoms with Crippen LogP contribution in [0.25, 0.3) is 9.69 Å².